The summed E-state index contributed by atoms with van der Waals surface area (Å²) in [5.41, 5.74) is 6.81. The maximum Gasteiger partial charge on any atom is 0.128 e. The molecule has 0 radical (unpaired) electrons. The lowest BCUT2D eigenvalue weighted by Gasteiger charge is -2.29. The summed E-state index contributed by atoms with van der Waals surface area (Å²) < 4.78 is 10.4. The Morgan fingerprint density at radius 2 is 1.84 bits per heavy atom. The van der Waals surface area contributed by atoms with Crippen LogP contribution in [0.3, 0.4) is 0 Å². The van der Waals surface area contributed by atoms with Crippen molar-refractivity contribution in [2.24, 2.45) is 11.1 Å². The summed E-state index contributed by atoms with van der Waals surface area (Å²) in [6.07, 6.45) is -0.151. The van der Waals surface area contributed by atoms with E-state index in [0.29, 0.717) is 17.9 Å². The van der Waals surface area contributed by atoms with Crippen LogP contribution in [-0.4, -0.2) is 25.4 Å². The molecule has 0 bridgehead atoms. The van der Waals surface area contributed by atoms with Gasteiger partial charge in [-0.05, 0) is 24.0 Å². The van der Waals surface area contributed by atoms with Gasteiger partial charge < -0.3 is 20.3 Å². The van der Waals surface area contributed by atoms with Crippen molar-refractivity contribution in [1.29, 1.82) is 0 Å². The number of methoxy groups -OCH3 is 2. The van der Waals surface area contributed by atoms with E-state index in [0.717, 1.165) is 5.56 Å². The molecule has 0 saturated heterocycles. The molecule has 0 spiro atoms. The first-order valence-electron chi connectivity index (χ1n) is 6.45. The smallest absolute Gasteiger partial charge is 0.128 e. The Kier molecular flexibility index (Phi) is 5.20. The molecule has 4 nitrogen and oxygen atoms in total. The Morgan fingerprint density at radius 3 is 2.32 bits per heavy atom. The molecule has 4 heteroatoms. The molecule has 3 N–H and O–H groups in total. The van der Waals surface area contributed by atoms with Crippen LogP contribution >= 0.6 is 0 Å². The lowest BCUT2D eigenvalue weighted by molar-refractivity contribution is 0.130. The minimum absolute atomic E-state index is 0.0410. The topological polar surface area (TPSA) is 64.7 Å². The number of nitrogens with two attached hydrogens (primary N) is 1. The molecular weight excluding hydrogens is 242 g/mol. The summed E-state index contributed by atoms with van der Waals surface area (Å²) in [5, 5.41) is 10.3. The highest BCUT2D eigenvalue weighted by atomic mass is 16.5. The number of ether oxygens (including phenoxy) is 2. The third-order valence-electron chi connectivity index (χ3n) is 3.39. The van der Waals surface area contributed by atoms with Gasteiger partial charge >= 0.3 is 0 Å². The first kappa shape index (κ1) is 15.8. The van der Waals surface area contributed by atoms with Crippen LogP contribution in [0.25, 0.3) is 0 Å². The van der Waals surface area contributed by atoms with Gasteiger partial charge in [-0.25, -0.2) is 0 Å². The van der Waals surface area contributed by atoms with E-state index < -0.39 is 6.10 Å². The number of aliphatic hydroxyl groups excluding tert-OH is 1. The number of rotatable bonds is 5. The van der Waals surface area contributed by atoms with Crippen molar-refractivity contribution in [3.63, 3.8) is 0 Å². The highest BCUT2D eigenvalue weighted by Crippen LogP contribution is 2.33. The standard InChI is InChI=1S/C15H25NO3/c1-15(2,3)14(16)9-12(17)11-7-6-10(18-4)8-13(11)19-5/h6-8,12,14,17H,9,16H2,1-5H3/t12-,14+/m1/s1. The fourth-order valence-corrected chi connectivity index (χ4v) is 1.81. The van der Waals surface area contributed by atoms with Gasteiger partial charge in [-0.2, -0.15) is 0 Å². The average molecular weight is 267 g/mol. The van der Waals surface area contributed by atoms with Crippen molar-refractivity contribution in [1.82, 2.24) is 0 Å². The van der Waals surface area contributed by atoms with Gasteiger partial charge in [-0.1, -0.05) is 20.8 Å². The minimum atomic E-state index is -0.643. The van der Waals surface area contributed by atoms with Gasteiger partial charge in [0, 0.05) is 17.7 Å². The van der Waals surface area contributed by atoms with Crippen LogP contribution in [0.15, 0.2) is 18.2 Å². The number of aliphatic hydroxyl groups is 1. The molecule has 1 rings (SSSR count). The van der Waals surface area contributed by atoms with Crippen LogP contribution < -0.4 is 15.2 Å². The molecule has 0 unspecified atom stereocenters. The van der Waals surface area contributed by atoms with E-state index in [-0.39, 0.29) is 11.5 Å². The number of hydrogen-bond acceptors (Lipinski definition) is 4. The van der Waals surface area contributed by atoms with Crippen LogP contribution in [0.4, 0.5) is 0 Å². The SMILES string of the molecule is COc1ccc([C@H](O)C[C@H](N)C(C)(C)C)c(OC)c1. The van der Waals surface area contributed by atoms with Crippen molar-refractivity contribution in [3.05, 3.63) is 23.8 Å². The van der Waals surface area contributed by atoms with Crippen molar-refractivity contribution in [2.75, 3.05) is 14.2 Å². The Hall–Kier alpha value is -1.26. The second-order valence-electron chi connectivity index (χ2n) is 5.83. The zero-order valence-corrected chi connectivity index (χ0v) is 12.4. The Bertz CT molecular complexity index is 412. The monoisotopic (exact) mass is 267 g/mol. The van der Waals surface area contributed by atoms with Crippen LogP contribution in [0, 0.1) is 5.41 Å². The molecule has 0 fully saturated rings. The van der Waals surface area contributed by atoms with Crippen LogP contribution in [-0.2, 0) is 0 Å². The summed E-state index contributed by atoms with van der Waals surface area (Å²) in [4.78, 5) is 0. The molecule has 0 aliphatic heterocycles. The fourth-order valence-electron chi connectivity index (χ4n) is 1.81. The highest BCUT2D eigenvalue weighted by Gasteiger charge is 2.25. The predicted octanol–water partition coefficient (Wildman–Crippen LogP) is 2.50. The largest absolute Gasteiger partial charge is 0.497 e. The molecule has 0 saturated carbocycles. The van der Waals surface area contributed by atoms with Crippen LogP contribution in [0.2, 0.25) is 0 Å². The van der Waals surface area contributed by atoms with E-state index in [1.165, 1.54) is 0 Å². The fraction of sp³-hybridized carbons (Fsp3) is 0.600. The lowest BCUT2D eigenvalue weighted by Crippen LogP contribution is -2.36. The summed E-state index contributed by atoms with van der Waals surface area (Å²) in [7, 11) is 3.18. The molecule has 0 aliphatic carbocycles. The van der Waals surface area contributed by atoms with E-state index >= 15 is 0 Å². The number of benzene rings is 1. The van der Waals surface area contributed by atoms with E-state index in [2.05, 4.69) is 20.8 Å². The first-order valence-corrected chi connectivity index (χ1v) is 6.45. The zero-order chi connectivity index (χ0) is 14.6. The molecule has 108 valence electrons. The van der Waals surface area contributed by atoms with Crippen molar-refractivity contribution >= 4 is 0 Å². The summed E-state index contributed by atoms with van der Waals surface area (Å²) in [6.45, 7) is 6.20. The maximum absolute atomic E-state index is 10.3. The molecular formula is C15H25NO3. The highest BCUT2D eigenvalue weighted by molar-refractivity contribution is 5.42. The maximum atomic E-state index is 10.3. The molecule has 2 atom stereocenters. The van der Waals surface area contributed by atoms with E-state index in [1.807, 2.05) is 12.1 Å². The molecule has 1 aromatic rings. The van der Waals surface area contributed by atoms with Crippen LogP contribution in [0.1, 0.15) is 38.9 Å². The van der Waals surface area contributed by atoms with Crippen molar-refractivity contribution in [2.45, 2.75) is 39.3 Å². The van der Waals surface area contributed by atoms with Gasteiger partial charge in [-0.3, -0.25) is 0 Å². The minimum Gasteiger partial charge on any atom is -0.497 e. The van der Waals surface area contributed by atoms with Crippen LogP contribution in [0.5, 0.6) is 11.5 Å². The molecule has 0 aromatic heterocycles. The van der Waals surface area contributed by atoms with E-state index in [9.17, 15) is 5.11 Å². The van der Waals surface area contributed by atoms with Gasteiger partial charge in [0.2, 0.25) is 0 Å². The van der Waals surface area contributed by atoms with E-state index in [4.69, 9.17) is 15.2 Å². The van der Waals surface area contributed by atoms with Gasteiger partial charge in [0.1, 0.15) is 11.5 Å². The van der Waals surface area contributed by atoms with Gasteiger partial charge in [0.05, 0.1) is 20.3 Å². The number of hydrogen-bond donors (Lipinski definition) is 2. The van der Waals surface area contributed by atoms with Crippen molar-refractivity contribution in [3.8, 4) is 11.5 Å². The predicted molar refractivity (Wildman–Crippen MR) is 76.6 cm³/mol. The molecule has 0 amide bonds. The van der Waals surface area contributed by atoms with E-state index in [1.54, 1.807) is 20.3 Å². The second-order valence-corrected chi connectivity index (χ2v) is 5.83. The molecule has 19 heavy (non-hydrogen) atoms. The molecule has 0 aliphatic rings. The lowest BCUT2D eigenvalue weighted by atomic mass is 9.83. The van der Waals surface area contributed by atoms with Gasteiger partial charge in [0.25, 0.3) is 0 Å². The third kappa shape index (κ3) is 4.11. The quantitative estimate of drug-likeness (QED) is 0.860. The van der Waals surface area contributed by atoms with Gasteiger partial charge in [0.15, 0.2) is 0 Å². The molecule has 1 aromatic carbocycles. The Balaban J connectivity index is 2.90. The Labute approximate surface area is 115 Å². The third-order valence-corrected chi connectivity index (χ3v) is 3.39. The first-order chi connectivity index (χ1) is 8.79. The van der Waals surface area contributed by atoms with Crippen molar-refractivity contribution < 1.29 is 14.6 Å². The molecule has 0 heterocycles. The average Bonchev–Trinajstić information content (AvgIpc) is 2.36. The normalized spacial score (nSPS) is 14.9. The Morgan fingerprint density at radius 1 is 1.21 bits per heavy atom. The zero-order valence-electron chi connectivity index (χ0n) is 12.4. The second kappa shape index (κ2) is 6.26. The summed E-state index contributed by atoms with van der Waals surface area (Å²) in [6, 6.07) is 5.30. The van der Waals surface area contributed by atoms with Gasteiger partial charge in [-0.15, -0.1) is 0 Å². The summed E-state index contributed by atoms with van der Waals surface area (Å²) in [5.74, 6) is 1.32. The summed E-state index contributed by atoms with van der Waals surface area (Å²) >= 11 is 0.